The topological polar surface area (TPSA) is 40.5 Å². The molecule has 0 atom stereocenters. The molecule has 130 valence electrons. The van der Waals surface area contributed by atoms with E-state index in [2.05, 4.69) is 23.7 Å². The predicted octanol–water partition coefficient (Wildman–Crippen LogP) is 4.28. The van der Waals surface area contributed by atoms with Crippen LogP contribution in [0.2, 0.25) is 0 Å². The summed E-state index contributed by atoms with van der Waals surface area (Å²) in [6, 6.07) is 8.13. The number of rotatable bonds is 10. The molecule has 0 spiro atoms. The Balaban J connectivity index is 2.23. The zero-order chi connectivity index (χ0) is 17.3. The Kier molecular flexibility index (Phi) is 12.5. The Morgan fingerprint density at radius 1 is 0.542 bits per heavy atom. The third-order valence-corrected chi connectivity index (χ3v) is 3.77. The molecule has 0 heterocycles. The van der Waals surface area contributed by atoms with Gasteiger partial charge in [0.05, 0.1) is 0 Å². The van der Waals surface area contributed by atoms with E-state index in [0.717, 1.165) is 75.3 Å². The molecule has 1 rings (SSSR count). The summed E-state index contributed by atoms with van der Waals surface area (Å²) >= 11 is 0. The third-order valence-electron chi connectivity index (χ3n) is 3.77. The second kappa shape index (κ2) is 14.8. The van der Waals surface area contributed by atoms with E-state index in [1.165, 1.54) is 0 Å². The Morgan fingerprint density at radius 3 is 1.29 bits per heavy atom. The summed E-state index contributed by atoms with van der Waals surface area (Å²) in [6.45, 7) is 0.593. The number of hydrogen-bond acceptors (Lipinski definition) is 2. The minimum atomic E-state index is 0.296. The predicted molar refractivity (Wildman–Crippen MR) is 101 cm³/mol. The molecule has 0 amide bonds. The van der Waals surface area contributed by atoms with Gasteiger partial charge in [-0.05, 0) is 49.9 Å². The summed E-state index contributed by atoms with van der Waals surface area (Å²) in [4.78, 5) is 0. The van der Waals surface area contributed by atoms with Crippen LogP contribution in [0, 0.1) is 23.7 Å². The lowest BCUT2D eigenvalue weighted by Crippen LogP contribution is -1.83. The van der Waals surface area contributed by atoms with E-state index in [-0.39, 0.29) is 0 Å². The van der Waals surface area contributed by atoms with Gasteiger partial charge in [0, 0.05) is 37.2 Å². The summed E-state index contributed by atoms with van der Waals surface area (Å²) in [5.41, 5.74) is 2.08. The van der Waals surface area contributed by atoms with Gasteiger partial charge in [-0.25, -0.2) is 0 Å². The van der Waals surface area contributed by atoms with Crippen molar-refractivity contribution in [1.82, 2.24) is 0 Å². The standard InChI is InChI=1S/C22H30O2/c23-19-11-7-3-1-5-9-13-21-15-17-22(18-16-21)14-10-6-2-4-8-12-20-24/h15-18,23-24H,1-8,11-12,19-20H2. The van der Waals surface area contributed by atoms with Crippen LogP contribution >= 0.6 is 0 Å². The molecule has 0 aliphatic heterocycles. The lowest BCUT2D eigenvalue weighted by molar-refractivity contribution is 0.282. The number of hydrogen-bond donors (Lipinski definition) is 2. The van der Waals surface area contributed by atoms with Gasteiger partial charge in [-0.2, -0.15) is 0 Å². The largest absolute Gasteiger partial charge is 0.396 e. The van der Waals surface area contributed by atoms with Gasteiger partial charge in [0.2, 0.25) is 0 Å². The summed E-state index contributed by atoms with van der Waals surface area (Å²) < 4.78 is 0. The number of benzene rings is 1. The normalized spacial score (nSPS) is 9.75. The zero-order valence-corrected chi connectivity index (χ0v) is 14.7. The summed E-state index contributed by atoms with van der Waals surface area (Å²) in [5.74, 6) is 12.8. The highest BCUT2D eigenvalue weighted by molar-refractivity contribution is 5.41. The molecule has 0 saturated carbocycles. The fourth-order valence-electron chi connectivity index (χ4n) is 2.32. The van der Waals surface area contributed by atoms with Crippen LogP contribution in [0.4, 0.5) is 0 Å². The SMILES string of the molecule is OCCCCCCC#Cc1ccc(C#CCCCCCCO)cc1. The zero-order valence-electron chi connectivity index (χ0n) is 14.7. The summed E-state index contributed by atoms with van der Waals surface area (Å²) in [5, 5.41) is 17.4. The minimum absolute atomic E-state index is 0.296. The first-order chi connectivity index (χ1) is 11.9. The van der Waals surface area contributed by atoms with Crippen molar-refractivity contribution in [2.75, 3.05) is 13.2 Å². The van der Waals surface area contributed by atoms with Crippen LogP contribution in [0.15, 0.2) is 24.3 Å². The first-order valence-electron chi connectivity index (χ1n) is 9.16. The molecule has 2 N–H and O–H groups in total. The molecule has 2 nitrogen and oxygen atoms in total. The van der Waals surface area contributed by atoms with Gasteiger partial charge in [0.1, 0.15) is 0 Å². The maximum atomic E-state index is 8.71. The Morgan fingerprint density at radius 2 is 0.917 bits per heavy atom. The average Bonchev–Trinajstić information content (AvgIpc) is 2.61. The van der Waals surface area contributed by atoms with Crippen molar-refractivity contribution in [3.8, 4) is 23.7 Å². The van der Waals surface area contributed by atoms with Crippen LogP contribution < -0.4 is 0 Å². The number of aliphatic hydroxyl groups is 2. The van der Waals surface area contributed by atoms with Crippen LogP contribution in [-0.2, 0) is 0 Å². The molecular weight excluding hydrogens is 296 g/mol. The van der Waals surface area contributed by atoms with Crippen molar-refractivity contribution in [1.29, 1.82) is 0 Å². The molecular formula is C22H30O2. The van der Waals surface area contributed by atoms with Gasteiger partial charge < -0.3 is 10.2 Å². The lowest BCUT2D eigenvalue weighted by atomic mass is 10.1. The van der Waals surface area contributed by atoms with Gasteiger partial charge in [-0.3, -0.25) is 0 Å². The molecule has 0 radical (unpaired) electrons. The molecule has 0 saturated heterocycles. The Labute approximate surface area is 147 Å². The maximum Gasteiger partial charge on any atom is 0.0431 e. The fourth-order valence-corrected chi connectivity index (χ4v) is 2.32. The van der Waals surface area contributed by atoms with Gasteiger partial charge in [-0.1, -0.05) is 49.4 Å². The summed E-state index contributed by atoms with van der Waals surface area (Å²) in [7, 11) is 0. The van der Waals surface area contributed by atoms with E-state index >= 15 is 0 Å². The molecule has 24 heavy (non-hydrogen) atoms. The number of aliphatic hydroxyl groups excluding tert-OH is 2. The van der Waals surface area contributed by atoms with Gasteiger partial charge in [0.15, 0.2) is 0 Å². The first-order valence-corrected chi connectivity index (χ1v) is 9.16. The monoisotopic (exact) mass is 326 g/mol. The molecule has 0 fully saturated rings. The molecule has 2 heteroatoms. The Bertz CT molecular complexity index is 486. The highest BCUT2D eigenvalue weighted by Crippen LogP contribution is 2.05. The van der Waals surface area contributed by atoms with E-state index in [0.29, 0.717) is 13.2 Å². The minimum Gasteiger partial charge on any atom is -0.396 e. The molecule has 0 aliphatic rings. The van der Waals surface area contributed by atoms with E-state index in [1.807, 2.05) is 24.3 Å². The molecule has 0 bridgehead atoms. The van der Waals surface area contributed by atoms with Crippen LogP contribution in [0.1, 0.15) is 75.3 Å². The van der Waals surface area contributed by atoms with E-state index < -0.39 is 0 Å². The fraction of sp³-hybridized carbons (Fsp3) is 0.545. The number of unbranched alkanes of at least 4 members (excludes halogenated alkanes) is 8. The van der Waals surface area contributed by atoms with Crippen LogP contribution in [0.25, 0.3) is 0 Å². The second-order valence-corrected chi connectivity index (χ2v) is 5.96. The molecule has 1 aromatic carbocycles. The average molecular weight is 326 g/mol. The van der Waals surface area contributed by atoms with Crippen LogP contribution in [0.3, 0.4) is 0 Å². The first kappa shape index (κ1) is 20.3. The highest BCUT2D eigenvalue weighted by atomic mass is 16.3. The van der Waals surface area contributed by atoms with Crippen LogP contribution in [-0.4, -0.2) is 23.4 Å². The molecule has 1 aromatic rings. The van der Waals surface area contributed by atoms with Crippen molar-refractivity contribution in [3.05, 3.63) is 35.4 Å². The Hall–Kier alpha value is -1.74. The van der Waals surface area contributed by atoms with Crippen molar-refractivity contribution in [3.63, 3.8) is 0 Å². The molecule has 0 aliphatic carbocycles. The van der Waals surface area contributed by atoms with Gasteiger partial charge in [-0.15, -0.1) is 0 Å². The van der Waals surface area contributed by atoms with E-state index in [9.17, 15) is 0 Å². The summed E-state index contributed by atoms with van der Waals surface area (Å²) in [6.07, 6.45) is 10.3. The molecule has 0 unspecified atom stereocenters. The van der Waals surface area contributed by atoms with Crippen molar-refractivity contribution in [2.45, 2.75) is 64.2 Å². The smallest absolute Gasteiger partial charge is 0.0431 e. The van der Waals surface area contributed by atoms with E-state index in [1.54, 1.807) is 0 Å². The quantitative estimate of drug-likeness (QED) is 0.498. The van der Waals surface area contributed by atoms with Gasteiger partial charge >= 0.3 is 0 Å². The van der Waals surface area contributed by atoms with Crippen molar-refractivity contribution < 1.29 is 10.2 Å². The molecule has 0 aromatic heterocycles. The maximum absolute atomic E-state index is 8.71. The highest BCUT2D eigenvalue weighted by Gasteiger charge is 1.90. The van der Waals surface area contributed by atoms with E-state index in [4.69, 9.17) is 10.2 Å². The van der Waals surface area contributed by atoms with Crippen LogP contribution in [0.5, 0.6) is 0 Å². The lowest BCUT2D eigenvalue weighted by Gasteiger charge is -1.95. The second-order valence-electron chi connectivity index (χ2n) is 5.96. The van der Waals surface area contributed by atoms with Crippen molar-refractivity contribution >= 4 is 0 Å². The van der Waals surface area contributed by atoms with Crippen molar-refractivity contribution in [2.24, 2.45) is 0 Å². The van der Waals surface area contributed by atoms with Gasteiger partial charge in [0.25, 0.3) is 0 Å². The third kappa shape index (κ3) is 10.9.